The van der Waals surface area contributed by atoms with E-state index in [1.165, 1.54) is 11.1 Å². The number of rotatable bonds is 7. The normalized spacial score (nSPS) is 11.0. The lowest BCUT2D eigenvalue weighted by atomic mass is 10.0. The second kappa shape index (κ2) is 8.83. The van der Waals surface area contributed by atoms with Crippen molar-refractivity contribution in [2.45, 2.75) is 27.2 Å². The summed E-state index contributed by atoms with van der Waals surface area (Å²) in [5.41, 5.74) is 5.83. The Morgan fingerprint density at radius 1 is 0.963 bits per heavy atom. The topological polar surface area (TPSA) is 25.4 Å². The standard InChI is InChI=1S/C24H28N2O/c1-5-26(4)14-12-21-15-19(3)24(16-18(21)2)27-22-11-13-25-23(17-22)20-9-7-6-8-10-20/h6-11,13,15-17H,5,12,14H2,1-4H3. The van der Waals surface area contributed by atoms with Gasteiger partial charge in [-0.15, -0.1) is 0 Å². The lowest BCUT2D eigenvalue weighted by molar-refractivity contribution is 0.357. The molecule has 0 atom stereocenters. The largest absolute Gasteiger partial charge is 0.457 e. The first-order valence-corrected chi connectivity index (χ1v) is 9.55. The van der Waals surface area contributed by atoms with Crippen LogP contribution in [-0.2, 0) is 6.42 Å². The lowest BCUT2D eigenvalue weighted by Gasteiger charge is -2.17. The molecule has 0 bridgehead atoms. The van der Waals surface area contributed by atoms with Gasteiger partial charge in [-0.3, -0.25) is 4.98 Å². The van der Waals surface area contributed by atoms with Crippen molar-refractivity contribution in [1.82, 2.24) is 9.88 Å². The summed E-state index contributed by atoms with van der Waals surface area (Å²) in [5, 5.41) is 0. The van der Waals surface area contributed by atoms with Crippen molar-refractivity contribution in [3.8, 4) is 22.8 Å². The summed E-state index contributed by atoms with van der Waals surface area (Å²) in [6.45, 7) is 8.61. The van der Waals surface area contributed by atoms with Crippen molar-refractivity contribution in [2.75, 3.05) is 20.1 Å². The molecule has 3 nitrogen and oxygen atoms in total. The first kappa shape index (κ1) is 19.1. The van der Waals surface area contributed by atoms with Crippen LogP contribution < -0.4 is 4.74 Å². The van der Waals surface area contributed by atoms with Gasteiger partial charge in [0.05, 0.1) is 5.69 Å². The van der Waals surface area contributed by atoms with Crippen molar-refractivity contribution in [2.24, 2.45) is 0 Å². The maximum atomic E-state index is 6.20. The molecule has 0 fully saturated rings. The molecule has 0 aliphatic rings. The predicted molar refractivity (Wildman–Crippen MR) is 113 cm³/mol. The number of benzene rings is 2. The van der Waals surface area contributed by atoms with Gasteiger partial charge in [0, 0.05) is 24.4 Å². The second-order valence-electron chi connectivity index (χ2n) is 7.03. The van der Waals surface area contributed by atoms with Crippen LogP contribution in [0.3, 0.4) is 0 Å². The first-order valence-electron chi connectivity index (χ1n) is 9.55. The van der Waals surface area contributed by atoms with Crippen LogP contribution in [-0.4, -0.2) is 30.0 Å². The first-order chi connectivity index (χ1) is 13.1. The molecule has 0 amide bonds. The molecule has 1 heterocycles. The minimum atomic E-state index is 0.810. The number of nitrogens with zero attached hydrogens (tertiary/aromatic N) is 2. The van der Waals surface area contributed by atoms with Gasteiger partial charge in [-0.2, -0.15) is 0 Å². The van der Waals surface area contributed by atoms with Crippen LogP contribution in [0.2, 0.25) is 0 Å². The Hall–Kier alpha value is -2.65. The van der Waals surface area contributed by atoms with Gasteiger partial charge in [-0.05, 0) is 62.7 Å². The number of aromatic nitrogens is 1. The molecule has 0 saturated carbocycles. The van der Waals surface area contributed by atoms with Gasteiger partial charge in [0.2, 0.25) is 0 Å². The molecule has 0 aliphatic carbocycles. The van der Waals surface area contributed by atoms with Crippen LogP contribution in [0.15, 0.2) is 60.8 Å². The van der Waals surface area contributed by atoms with E-state index in [0.717, 1.165) is 47.8 Å². The van der Waals surface area contributed by atoms with E-state index in [0.29, 0.717) is 0 Å². The van der Waals surface area contributed by atoms with Crippen LogP contribution in [0.1, 0.15) is 23.6 Å². The Morgan fingerprint density at radius 2 is 1.74 bits per heavy atom. The summed E-state index contributed by atoms with van der Waals surface area (Å²) < 4.78 is 6.20. The second-order valence-corrected chi connectivity index (χ2v) is 7.03. The fourth-order valence-electron chi connectivity index (χ4n) is 3.07. The Labute approximate surface area is 162 Å². The number of pyridine rings is 1. The molecule has 3 aromatic rings. The molecule has 0 spiro atoms. The Morgan fingerprint density at radius 3 is 2.48 bits per heavy atom. The number of ether oxygens (including phenoxy) is 1. The zero-order valence-electron chi connectivity index (χ0n) is 16.7. The smallest absolute Gasteiger partial charge is 0.131 e. The van der Waals surface area contributed by atoms with Crippen molar-refractivity contribution < 1.29 is 4.74 Å². The van der Waals surface area contributed by atoms with E-state index in [9.17, 15) is 0 Å². The average molecular weight is 361 g/mol. The van der Waals surface area contributed by atoms with Crippen molar-refractivity contribution in [3.63, 3.8) is 0 Å². The molecule has 0 unspecified atom stereocenters. The van der Waals surface area contributed by atoms with Crippen LogP contribution in [0, 0.1) is 13.8 Å². The van der Waals surface area contributed by atoms with E-state index in [1.807, 2.05) is 30.3 Å². The highest BCUT2D eigenvalue weighted by Gasteiger charge is 2.09. The van der Waals surface area contributed by atoms with Gasteiger partial charge in [0.1, 0.15) is 11.5 Å². The molecule has 0 saturated heterocycles. The highest BCUT2D eigenvalue weighted by atomic mass is 16.5. The number of aryl methyl sites for hydroxylation is 2. The zero-order valence-corrected chi connectivity index (χ0v) is 16.7. The van der Waals surface area contributed by atoms with Crippen LogP contribution in [0.5, 0.6) is 11.5 Å². The van der Waals surface area contributed by atoms with Crippen LogP contribution >= 0.6 is 0 Å². The van der Waals surface area contributed by atoms with E-state index >= 15 is 0 Å². The summed E-state index contributed by atoms with van der Waals surface area (Å²) in [6.07, 6.45) is 2.86. The molecule has 27 heavy (non-hydrogen) atoms. The zero-order chi connectivity index (χ0) is 19.2. The maximum absolute atomic E-state index is 6.20. The highest BCUT2D eigenvalue weighted by Crippen LogP contribution is 2.30. The third kappa shape index (κ3) is 4.95. The van der Waals surface area contributed by atoms with Gasteiger partial charge in [0.25, 0.3) is 0 Å². The van der Waals surface area contributed by atoms with E-state index < -0.39 is 0 Å². The van der Waals surface area contributed by atoms with Crippen molar-refractivity contribution in [1.29, 1.82) is 0 Å². The van der Waals surface area contributed by atoms with E-state index in [4.69, 9.17) is 4.74 Å². The highest BCUT2D eigenvalue weighted by molar-refractivity contribution is 5.60. The molecule has 3 rings (SSSR count). The molecule has 3 heteroatoms. The minimum Gasteiger partial charge on any atom is -0.457 e. The Bertz CT molecular complexity index is 890. The molecule has 0 radical (unpaired) electrons. The summed E-state index contributed by atoms with van der Waals surface area (Å²) in [6, 6.07) is 18.5. The third-order valence-electron chi connectivity index (χ3n) is 4.96. The predicted octanol–water partition coefficient (Wildman–Crippen LogP) is 5.65. The van der Waals surface area contributed by atoms with E-state index in [1.54, 1.807) is 6.20 Å². The van der Waals surface area contributed by atoms with Gasteiger partial charge >= 0.3 is 0 Å². The molecule has 140 valence electrons. The summed E-state index contributed by atoms with van der Waals surface area (Å²) >= 11 is 0. The minimum absolute atomic E-state index is 0.810. The van der Waals surface area contributed by atoms with E-state index in [-0.39, 0.29) is 0 Å². The fraction of sp³-hybridized carbons (Fsp3) is 0.292. The Balaban J connectivity index is 1.79. The van der Waals surface area contributed by atoms with Gasteiger partial charge < -0.3 is 9.64 Å². The average Bonchev–Trinajstić information content (AvgIpc) is 2.70. The van der Waals surface area contributed by atoms with Gasteiger partial charge in [-0.25, -0.2) is 0 Å². The fourth-order valence-corrected chi connectivity index (χ4v) is 3.07. The van der Waals surface area contributed by atoms with Crippen molar-refractivity contribution in [3.05, 3.63) is 77.5 Å². The quantitative estimate of drug-likeness (QED) is 0.544. The van der Waals surface area contributed by atoms with Crippen LogP contribution in [0.4, 0.5) is 0 Å². The summed E-state index contributed by atoms with van der Waals surface area (Å²) in [4.78, 5) is 6.80. The van der Waals surface area contributed by atoms with Crippen molar-refractivity contribution >= 4 is 0 Å². The van der Waals surface area contributed by atoms with Crippen LogP contribution in [0.25, 0.3) is 11.3 Å². The monoisotopic (exact) mass is 360 g/mol. The summed E-state index contributed by atoms with van der Waals surface area (Å²) in [5.74, 6) is 1.72. The van der Waals surface area contributed by atoms with E-state index in [2.05, 4.69) is 62.0 Å². The maximum Gasteiger partial charge on any atom is 0.131 e. The number of likely N-dealkylation sites (N-methyl/N-ethyl adjacent to an activating group) is 1. The SMILES string of the molecule is CCN(C)CCc1cc(C)c(Oc2ccnc(-c3ccccc3)c2)cc1C. The lowest BCUT2D eigenvalue weighted by Crippen LogP contribution is -2.20. The molecule has 0 N–H and O–H groups in total. The molecule has 1 aromatic heterocycles. The summed E-state index contributed by atoms with van der Waals surface area (Å²) in [7, 11) is 2.16. The number of hydrogen-bond donors (Lipinski definition) is 0. The van der Waals surface area contributed by atoms with Gasteiger partial charge in [-0.1, -0.05) is 43.3 Å². The third-order valence-corrected chi connectivity index (χ3v) is 4.96. The molecular formula is C24H28N2O. The Kier molecular flexibility index (Phi) is 6.25. The number of hydrogen-bond acceptors (Lipinski definition) is 3. The molecular weight excluding hydrogens is 332 g/mol. The molecule has 0 aliphatic heterocycles. The van der Waals surface area contributed by atoms with Gasteiger partial charge in [0.15, 0.2) is 0 Å². The molecule has 2 aromatic carbocycles.